The first-order valence-electron chi connectivity index (χ1n) is 4.70. The van der Waals surface area contributed by atoms with Crippen molar-refractivity contribution >= 4 is 39.1 Å². The van der Waals surface area contributed by atoms with Crippen LogP contribution in [0.15, 0.2) is 15.9 Å². The van der Waals surface area contributed by atoms with Gasteiger partial charge < -0.3 is 10.4 Å². The molecule has 2 atom stereocenters. The van der Waals surface area contributed by atoms with Gasteiger partial charge in [-0.15, -0.1) is 11.3 Å². The molecule has 1 rings (SSSR count). The van der Waals surface area contributed by atoms with Crippen LogP contribution >= 0.6 is 27.3 Å². The van der Waals surface area contributed by atoms with Crippen molar-refractivity contribution in [2.75, 3.05) is 0 Å². The average Bonchev–Trinajstić information content (AvgIpc) is 2.63. The van der Waals surface area contributed by atoms with Gasteiger partial charge in [-0.3, -0.25) is 9.59 Å². The van der Waals surface area contributed by atoms with Crippen LogP contribution in [0.1, 0.15) is 24.6 Å². The molecule has 0 fully saturated rings. The Morgan fingerprint density at radius 3 is 2.50 bits per heavy atom. The van der Waals surface area contributed by atoms with Crippen LogP contribution in [0, 0.1) is 0 Å². The van der Waals surface area contributed by atoms with E-state index < -0.39 is 12.0 Å². The molecule has 0 spiro atoms. The molecule has 0 aliphatic carbocycles. The molecule has 1 amide bonds. The van der Waals surface area contributed by atoms with Crippen molar-refractivity contribution in [3.63, 3.8) is 0 Å². The van der Waals surface area contributed by atoms with E-state index in [1.54, 1.807) is 6.92 Å². The molecule has 88 valence electrons. The zero-order valence-electron chi connectivity index (χ0n) is 8.86. The number of thiophene rings is 1. The highest BCUT2D eigenvalue weighted by molar-refractivity contribution is 9.11. The molecule has 0 aromatic carbocycles. The molecule has 0 bridgehead atoms. The van der Waals surface area contributed by atoms with E-state index in [1.165, 1.54) is 18.3 Å². The van der Waals surface area contributed by atoms with Crippen LogP contribution in [0.25, 0.3) is 0 Å². The Balaban J connectivity index is 2.64. The lowest BCUT2D eigenvalue weighted by molar-refractivity contribution is -0.141. The Morgan fingerprint density at radius 2 is 2.06 bits per heavy atom. The number of halogens is 1. The summed E-state index contributed by atoms with van der Waals surface area (Å²) in [5.74, 6) is -1.64. The second-order valence-electron chi connectivity index (χ2n) is 3.43. The van der Waals surface area contributed by atoms with Gasteiger partial charge in [0, 0.05) is 4.88 Å². The highest BCUT2D eigenvalue weighted by Gasteiger charge is 2.21. The Labute approximate surface area is 106 Å². The maximum absolute atomic E-state index is 11.7. The fourth-order valence-electron chi connectivity index (χ4n) is 1.09. The summed E-state index contributed by atoms with van der Waals surface area (Å²) in [7, 11) is 0. The number of nitrogens with one attached hydrogen (secondary N) is 1. The van der Waals surface area contributed by atoms with Crippen LogP contribution < -0.4 is 5.32 Å². The van der Waals surface area contributed by atoms with Gasteiger partial charge in [0.25, 0.3) is 0 Å². The van der Waals surface area contributed by atoms with Gasteiger partial charge >= 0.3 is 5.97 Å². The van der Waals surface area contributed by atoms with Gasteiger partial charge in [0.2, 0.25) is 5.91 Å². The van der Waals surface area contributed by atoms with E-state index in [4.69, 9.17) is 5.11 Å². The van der Waals surface area contributed by atoms with Gasteiger partial charge in [0.05, 0.1) is 9.70 Å². The van der Waals surface area contributed by atoms with Crippen molar-refractivity contribution in [1.82, 2.24) is 5.32 Å². The number of amides is 1. The zero-order valence-corrected chi connectivity index (χ0v) is 11.3. The monoisotopic (exact) mass is 305 g/mol. The predicted octanol–water partition coefficient (Wildman–Crippen LogP) is 2.20. The standard InChI is InChI=1S/C10H12BrNO3S/c1-5(7-3-4-8(11)16-7)9(13)12-6(2)10(14)15/h3-6H,1-2H3,(H,12,13)(H,14,15)/t5?,6-/m0/s1. The maximum atomic E-state index is 11.7. The van der Waals surface area contributed by atoms with E-state index in [0.29, 0.717) is 0 Å². The number of hydrogen-bond acceptors (Lipinski definition) is 3. The molecule has 0 radical (unpaired) electrons. The first kappa shape index (κ1) is 13.2. The summed E-state index contributed by atoms with van der Waals surface area (Å²) in [4.78, 5) is 23.2. The van der Waals surface area contributed by atoms with Gasteiger partial charge in [0.15, 0.2) is 0 Å². The van der Waals surface area contributed by atoms with Gasteiger partial charge in [-0.2, -0.15) is 0 Å². The molecule has 2 N–H and O–H groups in total. The number of aliphatic carboxylic acids is 1. The molecule has 16 heavy (non-hydrogen) atoms. The second-order valence-corrected chi connectivity index (χ2v) is 5.93. The molecule has 1 unspecified atom stereocenters. The van der Waals surface area contributed by atoms with Crippen molar-refractivity contribution < 1.29 is 14.7 Å². The van der Waals surface area contributed by atoms with Crippen molar-refractivity contribution in [2.45, 2.75) is 25.8 Å². The van der Waals surface area contributed by atoms with E-state index >= 15 is 0 Å². The Kier molecular flexibility index (Phi) is 4.49. The van der Waals surface area contributed by atoms with Gasteiger partial charge in [-0.25, -0.2) is 0 Å². The van der Waals surface area contributed by atoms with Crippen molar-refractivity contribution in [3.05, 3.63) is 20.8 Å². The fraction of sp³-hybridized carbons (Fsp3) is 0.400. The van der Waals surface area contributed by atoms with Crippen LogP contribution in [0.5, 0.6) is 0 Å². The van der Waals surface area contributed by atoms with Crippen molar-refractivity contribution in [3.8, 4) is 0 Å². The smallest absolute Gasteiger partial charge is 0.325 e. The lowest BCUT2D eigenvalue weighted by Gasteiger charge is -2.13. The topological polar surface area (TPSA) is 66.4 Å². The maximum Gasteiger partial charge on any atom is 0.325 e. The van der Waals surface area contributed by atoms with Crippen LogP contribution in [-0.2, 0) is 9.59 Å². The summed E-state index contributed by atoms with van der Waals surface area (Å²) >= 11 is 4.78. The molecule has 1 heterocycles. The summed E-state index contributed by atoms with van der Waals surface area (Å²) < 4.78 is 0.952. The number of carboxylic acid groups (broad SMARTS) is 1. The summed E-state index contributed by atoms with van der Waals surface area (Å²) in [6, 6.07) is 2.85. The van der Waals surface area contributed by atoms with E-state index in [2.05, 4.69) is 21.2 Å². The number of hydrogen-bond donors (Lipinski definition) is 2. The normalized spacial score (nSPS) is 14.2. The zero-order chi connectivity index (χ0) is 12.3. The Hall–Kier alpha value is -0.880. The molecule has 0 saturated heterocycles. The molecular weight excluding hydrogens is 294 g/mol. The Bertz CT molecular complexity index is 405. The lowest BCUT2D eigenvalue weighted by atomic mass is 10.1. The van der Waals surface area contributed by atoms with Crippen LogP contribution in [-0.4, -0.2) is 23.0 Å². The molecule has 1 aromatic heterocycles. The predicted molar refractivity (Wildman–Crippen MR) is 65.7 cm³/mol. The fourth-order valence-corrected chi connectivity index (χ4v) is 2.56. The van der Waals surface area contributed by atoms with Crippen LogP contribution in [0.2, 0.25) is 0 Å². The molecular formula is C10H12BrNO3S. The number of carbonyl (C=O) groups excluding carboxylic acids is 1. The minimum Gasteiger partial charge on any atom is -0.480 e. The Morgan fingerprint density at radius 1 is 1.44 bits per heavy atom. The number of carbonyl (C=O) groups is 2. The van der Waals surface area contributed by atoms with E-state index in [9.17, 15) is 9.59 Å². The van der Waals surface area contributed by atoms with Gasteiger partial charge in [0.1, 0.15) is 6.04 Å². The highest BCUT2D eigenvalue weighted by Crippen LogP contribution is 2.28. The third kappa shape index (κ3) is 3.31. The van der Waals surface area contributed by atoms with Crippen molar-refractivity contribution in [1.29, 1.82) is 0 Å². The molecule has 4 nitrogen and oxygen atoms in total. The highest BCUT2D eigenvalue weighted by atomic mass is 79.9. The average molecular weight is 306 g/mol. The quantitative estimate of drug-likeness (QED) is 0.896. The number of carboxylic acids is 1. The second kappa shape index (κ2) is 5.45. The first-order valence-corrected chi connectivity index (χ1v) is 6.31. The minimum atomic E-state index is -1.03. The summed E-state index contributed by atoms with van der Waals surface area (Å²) in [5, 5.41) is 11.1. The number of rotatable bonds is 4. The SMILES string of the molecule is CC(C(=O)N[C@@H](C)C(=O)O)c1ccc(Br)s1. The third-order valence-corrected chi connectivity index (χ3v) is 3.95. The largest absolute Gasteiger partial charge is 0.480 e. The molecule has 1 aromatic rings. The minimum absolute atomic E-state index is 0.274. The molecule has 0 saturated carbocycles. The van der Waals surface area contributed by atoms with Crippen LogP contribution in [0.3, 0.4) is 0 Å². The molecule has 0 aliphatic rings. The summed E-state index contributed by atoms with van der Waals surface area (Å²) in [6.07, 6.45) is 0. The lowest BCUT2D eigenvalue weighted by Crippen LogP contribution is -2.40. The third-order valence-electron chi connectivity index (χ3n) is 2.14. The molecule has 0 aliphatic heterocycles. The summed E-state index contributed by atoms with van der Waals surface area (Å²) in [6.45, 7) is 3.19. The summed E-state index contributed by atoms with van der Waals surface area (Å²) in [5.41, 5.74) is 0. The van der Waals surface area contributed by atoms with Crippen molar-refractivity contribution in [2.24, 2.45) is 0 Å². The molecule has 6 heteroatoms. The van der Waals surface area contributed by atoms with Crippen LogP contribution in [0.4, 0.5) is 0 Å². The van der Waals surface area contributed by atoms with Gasteiger partial charge in [-0.05, 0) is 41.9 Å². The van der Waals surface area contributed by atoms with E-state index in [0.717, 1.165) is 8.66 Å². The van der Waals surface area contributed by atoms with Gasteiger partial charge in [-0.1, -0.05) is 0 Å². The first-order chi connectivity index (χ1) is 7.41. The van der Waals surface area contributed by atoms with E-state index in [1.807, 2.05) is 12.1 Å². The van der Waals surface area contributed by atoms with E-state index in [-0.39, 0.29) is 11.8 Å².